The van der Waals surface area contributed by atoms with Crippen molar-refractivity contribution >= 4 is 17.7 Å². The second-order valence-electron chi connectivity index (χ2n) is 8.32. The molecule has 0 aliphatic carbocycles. The highest BCUT2D eigenvalue weighted by Gasteiger charge is 2.32. The number of nitroso groups, excluding NO2 is 1. The number of carbonyl (C=O) groups is 2. The van der Waals surface area contributed by atoms with E-state index < -0.39 is 17.6 Å². The molecule has 28 heavy (non-hydrogen) atoms. The number of benzene rings is 1. The Bertz CT molecular complexity index is 796. The maximum absolute atomic E-state index is 12.1. The van der Waals surface area contributed by atoms with Gasteiger partial charge in [0, 0.05) is 29.4 Å². The zero-order valence-corrected chi connectivity index (χ0v) is 17.4. The summed E-state index contributed by atoms with van der Waals surface area (Å²) in [4.78, 5) is 36.8. The summed E-state index contributed by atoms with van der Waals surface area (Å²) in [6.07, 6.45) is -0.263. The molecule has 2 rings (SSSR count). The van der Waals surface area contributed by atoms with Gasteiger partial charge >= 0.3 is 12.0 Å². The van der Waals surface area contributed by atoms with Crippen molar-refractivity contribution in [2.45, 2.75) is 65.5 Å². The lowest BCUT2D eigenvalue weighted by atomic mass is 9.94. The van der Waals surface area contributed by atoms with Crippen molar-refractivity contribution in [2.24, 2.45) is 15.4 Å². The van der Waals surface area contributed by atoms with Crippen LogP contribution in [0, 0.1) is 4.91 Å². The number of hydrogen-bond donors (Lipinski definition) is 0. The van der Waals surface area contributed by atoms with E-state index in [4.69, 9.17) is 4.74 Å². The van der Waals surface area contributed by atoms with Crippen molar-refractivity contribution in [3.8, 4) is 0 Å². The fourth-order valence-electron chi connectivity index (χ4n) is 3.36. The quantitative estimate of drug-likeness (QED) is 0.530. The molecule has 8 heteroatoms. The summed E-state index contributed by atoms with van der Waals surface area (Å²) in [5, 5.41) is 10.0. The Morgan fingerprint density at radius 2 is 1.96 bits per heavy atom. The zero-order chi connectivity index (χ0) is 21.1. The predicted molar refractivity (Wildman–Crippen MR) is 107 cm³/mol. The number of anilines is 1. The number of fused-ring (bicyclic) bond motifs is 1. The molecule has 1 aliphatic rings. The van der Waals surface area contributed by atoms with Crippen molar-refractivity contribution in [1.82, 2.24) is 0 Å². The summed E-state index contributed by atoms with van der Waals surface area (Å²) >= 11 is 0. The standard InChI is InChI=1S/C20H28N4O4/c1-12(2)24-11-13(3)17-15(18(25)23-27)9-14(10-16(17)24)7-8-21-22-19(26)28-20(4,5)6/h9-10,12-13H,7-8,11H2,1-6H3. The van der Waals surface area contributed by atoms with E-state index in [9.17, 15) is 14.5 Å². The van der Waals surface area contributed by atoms with Gasteiger partial charge in [-0.05, 0) is 64.3 Å². The number of ether oxygens (including phenoxy) is 1. The molecule has 0 bridgehead atoms. The summed E-state index contributed by atoms with van der Waals surface area (Å²) in [7, 11) is 0. The molecule has 0 radical (unpaired) electrons. The van der Waals surface area contributed by atoms with Gasteiger partial charge in [-0.15, -0.1) is 4.91 Å². The number of hydrogen-bond acceptors (Lipinski definition) is 6. The maximum atomic E-state index is 12.1. The monoisotopic (exact) mass is 388 g/mol. The highest BCUT2D eigenvalue weighted by molar-refractivity contribution is 5.98. The third-order valence-corrected chi connectivity index (χ3v) is 4.47. The van der Waals surface area contributed by atoms with Crippen LogP contribution in [0.5, 0.6) is 0 Å². The highest BCUT2D eigenvalue weighted by Crippen LogP contribution is 2.40. The second-order valence-corrected chi connectivity index (χ2v) is 8.32. The van der Waals surface area contributed by atoms with Gasteiger partial charge in [-0.2, -0.15) is 5.11 Å². The lowest BCUT2D eigenvalue weighted by Gasteiger charge is -2.25. The highest BCUT2D eigenvalue weighted by atomic mass is 16.6. The number of nitrogens with zero attached hydrogens (tertiary/aromatic N) is 4. The van der Waals surface area contributed by atoms with E-state index >= 15 is 0 Å². The smallest absolute Gasteiger partial charge is 0.441 e. The van der Waals surface area contributed by atoms with E-state index in [-0.39, 0.29) is 18.5 Å². The molecule has 1 heterocycles. The Morgan fingerprint density at radius 1 is 1.29 bits per heavy atom. The topological polar surface area (TPSA) is 101 Å². The molecule has 1 aliphatic heterocycles. The van der Waals surface area contributed by atoms with Gasteiger partial charge in [0.15, 0.2) is 0 Å². The summed E-state index contributed by atoms with van der Waals surface area (Å²) in [6, 6.07) is 3.98. The summed E-state index contributed by atoms with van der Waals surface area (Å²) < 4.78 is 5.07. The Hall–Kier alpha value is -2.64. The van der Waals surface area contributed by atoms with Crippen LogP contribution in [0.1, 0.15) is 68.9 Å². The van der Waals surface area contributed by atoms with Gasteiger partial charge in [0.2, 0.25) is 0 Å². The summed E-state index contributed by atoms with van der Waals surface area (Å²) in [5.41, 5.74) is 2.40. The van der Waals surface area contributed by atoms with Crippen LogP contribution in [0.15, 0.2) is 27.5 Å². The third-order valence-electron chi connectivity index (χ3n) is 4.47. The minimum Gasteiger partial charge on any atom is -0.441 e. The van der Waals surface area contributed by atoms with Crippen LogP contribution in [0.3, 0.4) is 0 Å². The first-order valence-electron chi connectivity index (χ1n) is 9.45. The second kappa shape index (κ2) is 8.58. The molecule has 1 aromatic carbocycles. The Balaban J connectivity index is 2.22. The van der Waals surface area contributed by atoms with Crippen LogP contribution in [-0.2, 0) is 11.2 Å². The predicted octanol–water partition coefficient (Wildman–Crippen LogP) is 4.85. The molecular formula is C20H28N4O4. The first kappa shape index (κ1) is 21.7. The molecule has 0 saturated heterocycles. The van der Waals surface area contributed by atoms with Gasteiger partial charge < -0.3 is 9.64 Å². The van der Waals surface area contributed by atoms with Gasteiger partial charge in [0.25, 0.3) is 0 Å². The molecule has 0 aromatic heterocycles. The molecule has 0 N–H and O–H groups in total. The number of rotatable bonds is 5. The first-order chi connectivity index (χ1) is 13.0. The van der Waals surface area contributed by atoms with Crippen molar-refractivity contribution in [3.05, 3.63) is 33.7 Å². The fraction of sp³-hybridized carbons (Fsp3) is 0.600. The van der Waals surface area contributed by atoms with Crippen LogP contribution in [0.2, 0.25) is 0 Å². The Morgan fingerprint density at radius 3 is 2.54 bits per heavy atom. The number of carbonyl (C=O) groups excluding carboxylic acids is 2. The third kappa shape index (κ3) is 5.21. The van der Waals surface area contributed by atoms with E-state index in [0.29, 0.717) is 12.0 Å². The van der Waals surface area contributed by atoms with E-state index in [2.05, 4.69) is 34.2 Å². The van der Waals surface area contributed by atoms with Crippen molar-refractivity contribution in [1.29, 1.82) is 0 Å². The van der Waals surface area contributed by atoms with Gasteiger partial charge in [0.1, 0.15) is 5.60 Å². The Labute approximate surface area is 165 Å². The van der Waals surface area contributed by atoms with Crippen LogP contribution >= 0.6 is 0 Å². The summed E-state index contributed by atoms with van der Waals surface area (Å²) in [5.74, 6) is -0.620. The Kier molecular flexibility index (Phi) is 6.64. The number of azo groups is 1. The molecule has 1 aromatic rings. The van der Waals surface area contributed by atoms with E-state index in [1.54, 1.807) is 26.8 Å². The van der Waals surface area contributed by atoms with E-state index in [1.807, 2.05) is 13.0 Å². The SMILES string of the molecule is CC1CN(C(C)C)c2cc(CCN=NC(=O)OC(C)(C)C)cc(C(=O)N=O)c21. The van der Waals surface area contributed by atoms with E-state index in [0.717, 1.165) is 23.4 Å². The molecule has 1 atom stereocenters. The minimum atomic E-state index is -0.758. The molecule has 0 saturated carbocycles. The van der Waals surface area contributed by atoms with Gasteiger partial charge in [-0.1, -0.05) is 12.0 Å². The van der Waals surface area contributed by atoms with Crippen LogP contribution < -0.4 is 4.90 Å². The molecular weight excluding hydrogens is 360 g/mol. The van der Waals surface area contributed by atoms with Crippen molar-refractivity contribution in [2.75, 3.05) is 18.0 Å². The molecule has 152 valence electrons. The normalized spacial score (nSPS) is 16.5. The molecule has 8 nitrogen and oxygen atoms in total. The zero-order valence-electron chi connectivity index (χ0n) is 17.4. The van der Waals surface area contributed by atoms with Crippen molar-refractivity contribution < 1.29 is 14.3 Å². The van der Waals surface area contributed by atoms with Gasteiger partial charge in [-0.25, -0.2) is 4.79 Å². The minimum absolute atomic E-state index is 0.138. The van der Waals surface area contributed by atoms with Crippen LogP contribution in [0.4, 0.5) is 10.5 Å². The lowest BCUT2D eigenvalue weighted by molar-refractivity contribution is 0.0589. The molecule has 0 fully saturated rings. The average molecular weight is 388 g/mol. The van der Waals surface area contributed by atoms with Crippen LogP contribution in [0.25, 0.3) is 0 Å². The van der Waals surface area contributed by atoms with E-state index in [1.165, 1.54) is 0 Å². The van der Waals surface area contributed by atoms with Gasteiger partial charge in [0.05, 0.1) is 12.1 Å². The summed E-state index contributed by atoms with van der Waals surface area (Å²) in [6.45, 7) is 12.5. The lowest BCUT2D eigenvalue weighted by Crippen LogP contribution is -2.29. The fourth-order valence-corrected chi connectivity index (χ4v) is 3.36. The largest absolute Gasteiger partial charge is 0.452 e. The maximum Gasteiger partial charge on any atom is 0.452 e. The van der Waals surface area contributed by atoms with Crippen LogP contribution in [-0.4, -0.2) is 36.7 Å². The molecule has 1 unspecified atom stereocenters. The number of amides is 2. The molecule has 2 amide bonds. The molecule has 0 spiro atoms. The average Bonchev–Trinajstić information content (AvgIpc) is 2.93. The van der Waals surface area contributed by atoms with Crippen molar-refractivity contribution in [3.63, 3.8) is 0 Å². The first-order valence-corrected chi connectivity index (χ1v) is 9.45. The van der Waals surface area contributed by atoms with Gasteiger partial charge in [-0.3, -0.25) is 4.79 Å².